The summed E-state index contributed by atoms with van der Waals surface area (Å²) >= 11 is 1.38. The van der Waals surface area contributed by atoms with E-state index >= 15 is 0 Å². The average Bonchev–Trinajstić information content (AvgIpc) is 3.38. The van der Waals surface area contributed by atoms with Crippen LogP contribution in [0.5, 0.6) is 0 Å². The maximum Gasteiger partial charge on any atom is 0.236 e. The second-order valence-corrected chi connectivity index (χ2v) is 10.2. The molecule has 3 aliphatic heterocycles. The minimum atomic E-state index is -0.687. The van der Waals surface area contributed by atoms with Gasteiger partial charge in [0, 0.05) is 16.8 Å². The number of ketones is 1. The van der Waals surface area contributed by atoms with Gasteiger partial charge < -0.3 is 4.90 Å². The summed E-state index contributed by atoms with van der Waals surface area (Å²) in [6.07, 6.45) is 2.07. The third kappa shape index (κ3) is 2.49. The van der Waals surface area contributed by atoms with Crippen molar-refractivity contribution in [2.45, 2.75) is 45.3 Å². The second-order valence-electron chi connectivity index (χ2n) is 9.29. The lowest BCUT2D eigenvalue weighted by molar-refractivity contribution is -0.145. The van der Waals surface area contributed by atoms with E-state index in [-0.39, 0.29) is 23.6 Å². The molecular weight excluding hydrogens is 396 g/mol. The van der Waals surface area contributed by atoms with E-state index < -0.39 is 23.4 Å². The van der Waals surface area contributed by atoms with Gasteiger partial charge in [-0.2, -0.15) is 0 Å². The molecule has 6 heteroatoms. The molecule has 154 valence electrons. The first-order chi connectivity index (χ1) is 14.2. The maximum absolute atomic E-state index is 13.7. The average molecular weight is 421 g/mol. The summed E-state index contributed by atoms with van der Waals surface area (Å²) in [6, 6.07) is 10.6. The molecule has 2 saturated heterocycles. The van der Waals surface area contributed by atoms with Crippen LogP contribution in [0.15, 0.2) is 47.9 Å². The minimum absolute atomic E-state index is 0.0813. The summed E-state index contributed by atoms with van der Waals surface area (Å²) in [5, 5.41) is 1.87. The van der Waals surface area contributed by atoms with Gasteiger partial charge in [0.2, 0.25) is 11.8 Å². The number of hydrogen-bond acceptors (Lipinski definition) is 5. The van der Waals surface area contributed by atoms with Crippen LogP contribution >= 0.6 is 11.3 Å². The van der Waals surface area contributed by atoms with E-state index in [0.29, 0.717) is 4.88 Å². The van der Waals surface area contributed by atoms with Crippen molar-refractivity contribution in [3.05, 3.63) is 58.3 Å². The van der Waals surface area contributed by atoms with Gasteiger partial charge in [-0.3, -0.25) is 19.3 Å². The van der Waals surface area contributed by atoms with Gasteiger partial charge in [-0.15, -0.1) is 11.3 Å². The summed E-state index contributed by atoms with van der Waals surface area (Å²) < 4.78 is 0. The Kier molecular flexibility index (Phi) is 4.09. The number of para-hydroxylation sites is 1. The predicted molar refractivity (Wildman–Crippen MR) is 117 cm³/mol. The molecule has 1 aromatic heterocycles. The molecule has 0 saturated carbocycles. The Morgan fingerprint density at radius 1 is 1.00 bits per heavy atom. The van der Waals surface area contributed by atoms with E-state index in [1.54, 1.807) is 6.07 Å². The van der Waals surface area contributed by atoms with Gasteiger partial charge >= 0.3 is 0 Å². The Morgan fingerprint density at radius 3 is 2.37 bits per heavy atom. The van der Waals surface area contributed by atoms with Crippen molar-refractivity contribution in [2.75, 3.05) is 4.90 Å². The van der Waals surface area contributed by atoms with Crippen LogP contribution in [0.4, 0.5) is 5.69 Å². The lowest BCUT2D eigenvalue weighted by Gasteiger charge is -2.39. The van der Waals surface area contributed by atoms with E-state index in [2.05, 4.69) is 6.08 Å². The normalized spacial score (nSPS) is 27.7. The fraction of sp³-hybridized carbons (Fsp3) is 0.375. The molecule has 2 amide bonds. The number of carbonyl (C=O) groups excluding carboxylic acids is 3. The SMILES string of the molecule is CC1=C[C@@H]2[C@H]3C(=O)N(C(C)(C)C)C(=O)[C@@H]3[C@@H](C(=O)c3cccs3)N2c2ccccc21. The van der Waals surface area contributed by atoms with Crippen LogP contribution in [-0.2, 0) is 9.59 Å². The van der Waals surface area contributed by atoms with E-state index in [9.17, 15) is 14.4 Å². The van der Waals surface area contributed by atoms with Crippen molar-refractivity contribution in [1.29, 1.82) is 0 Å². The first kappa shape index (κ1) is 19.2. The number of anilines is 1. The zero-order valence-corrected chi connectivity index (χ0v) is 18.3. The highest BCUT2D eigenvalue weighted by Crippen LogP contribution is 2.51. The van der Waals surface area contributed by atoms with Crippen LogP contribution in [0, 0.1) is 11.8 Å². The quantitative estimate of drug-likeness (QED) is 0.544. The van der Waals surface area contributed by atoms with Crippen LogP contribution < -0.4 is 4.90 Å². The number of thiophene rings is 1. The van der Waals surface area contributed by atoms with Crippen LogP contribution in [0.3, 0.4) is 0 Å². The van der Waals surface area contributed by atoms with Gasteiger partial charge in [-0.05, 0) is 50.8 Å². The third-order valence-electron chi connectivity index (χ3n) is 6.46. The fourth-order valence-electron chi connectivity index (χ4n) is 5.32. The Labute approximate surface area is 180 Å². The van der Waals surface area contributed by atoms with E-state index in [1.165, 1.54) is 16.2 Å². The summed E-state index contributed by atoms with van der Waals surface area (Å²) in [6.45, 7) is 7.64. The molecule has 1 aromatic carbocycles. The zero-order chi connectivity index (χ0) is 21.4. The highest BCUT2D eigenvalue weighted by atomic mass is 32.1. The summed E-state index contributed by atoms with van der Waals surface area (Å²) in [4.78, 5) is 44.8. The highest BCUT2D eigenvalue weighted by molar-refractivity contribution is 7.12. The standard InChI is InChI=1S/C24H24N2O3S/c1-13-12-16-18-19(23(29)26(22(18)28)24(2,3)4)20(21(27)17-10-7-11-30-17)25(16)15-9-6-5-8-14(13)15/h5-12,16,18-20H,1-4H3/t16-,18-,19+,20+/m1/s1. The molecule has 4 heterocycles. The van der Waals surface area contributed by atoms with Gasteiger partial charge in [0.05, 0.1) is 22.8 Å². The van der Waals surface area contributed by atoms with Crippen molar-refractivity contribution in [2.24, 2.45) is 11.8 Å². The Balaban J connectivity index is 1.71. The molecule has 0 spiro atoms. The smallest absolute Gasteiger partial charge is 0.236 e. The Hall–Kier alpha value is -2.73. The summed E-state index contributed by atoms with van der Waals surface area (Å²) in [7, 11) is 0. The highest BCUT2D eigenvalue weighted by Gasteiger charge is 2.65. The van der Waals surface area contributed by atoms with Gasteiger partial charge in [-0.25, -0.2) is 0 Å². The number of fused-ring (bicyclic) bond motifs is 5. The van der Waals surface area contributed by atoms with Crippen LogP contribution in [0.2, 0.25) is 0 Å². The van der Waals surface area contributed by atoms with Crippen molar-refractivity contribution in [3.8, 4) is 0 Å². The summed E-state index contributed by atoms with van der Waals surface area (Å²) in [5.41, 5.74) is 2.43. The minimum Gasteiger partial charge on any atom is -0.352 e. The number of benzene rings is 1. The molecule has 0 aliphatic carbocycles. The molecule has 4 atom stereocenters. The third-order valence-corrected chi connectivity index (χ3v) is 7.34. The lowest BCUT2D eigenvalue weighted by atomic mass is 9.86. The molecule has 2 fully saturated rings. The first-order valence-electron chi connectivity index (χ1n) is 10.2. The molecule has 5 rings (SSSR count). The molecule has 3 aliphatic rings. The Morgan fingerprint density at radius 2 is 1.70 bits per heavy atom. The van der Waals surface area contributed by atoms with E-state index in [0.717, 1.165) is 16.8 Å². The van der Waals surface area contributed by atoms with Gasteiger partial charge in [-0.1, -0.05) is 30.3 Å². The number of imide groups is 1. The number of carbonyl (C=O) groups is 3. The molecular formula is C24H24N2O3S. The molecule has 2 aromatic rings. The van der Waals surface area contributed by atoms with Crippen molar-refractivity contribution < 1.29 is 14.4 Å². The Bertz CT molecular complexity index is 1100. The zero-order valence-electron chi connectivity index (χ0n) is 17.5. The predicted octanol–water partition coefficient (Wildman–Crippen LogP) is 4.00. The molecule has 5 nitrogen and oxygen atoms in total. The molecule has 30 heavy (non-hydrogen) atoms. The topological polar surface area (TPSA) is 57.7 Å². The van der Waals surface area contributed by atoms with Gasteiger partial charge in [0.25, 0.3) is 0 Å². The van der Waals surface area contributed by atoms with Crippen LogP contribution in [0.1, 0.15) is 42.9 Å². The number of amides is 2. The van der Waals surface area contributed by atoms with Crippen LogP contribution in [-0.4, -0.2) is 40.1 Å². The molecule has 0 unspecified atom stereocenters. The monoisotopic (exact) mass is 420 g/mol. The summed E-state index contributed by atoms with van der Waals surface area (Å²) in [5.74, 6) is -1.70. The van der Waals surface area contributed by atoms with Crippen molar-refractivity contribution >= 4 is 40.2 Å². The second kappa shape index (κ2) is 6.38. The molecule has 0 bridgehead atoms. The fourth-order valence-corrected chi connectivity index (χ4v) is 6.02. The first-order valence-corrected chi connectivity index (χ1v) is 11.1. The van der Waals surface area contributed by atoms with Gasteiger partial charge in [0.1, 0.15) is 6.04 Å². The molecule has 0 radical (unpaired) electrons. The number of allylic oxidation sites excluding steroid dienone is 1. The number of hydrogen-bond donors (Lipinski definition) is 0. The number of rotatable bonds is 2. The van der Waals surface area contributed by atoms with Gasteiger partial charge in [0.15, 0.2) is 5.78 Å². The number of nitrogens with zero attached hydrogens (tertiary/aromatic N) is 2. The lowest BCUT2D eigenvalue weighted by Crippen LogP contribution is -2.52. The van der Waals surface area contributed by atoms with E-state index in [1.807, 2.05) is 68.3 Å². The maximum atomic E-state index is 13.7. The number of Topliss-reactive ketones (excluding diaryl/α,β-unsaturated/α-hetero) is 1. The number of likely N-dealkylation sites (tertiary alicyclic amines) is 1. The van der Waals surface area contributed by atoms with Crippen molar-refractivity contribution in [1.82, 2.24) is 4.90 Å². The van der Waals surface area contributed by atoms with Crippen molar-refractivity contribution in [3.63, 3.8) is 0 Å². The largest absolute Gasteiger partial charge is 0.352 e. The van der Waals surface area contributed by atoms with E-state index in [4.69, 9.17) is 0 Å². The molecule has 0 N–H and O–H groups in total. The van der Waals surface area contributed by atoms with Crippen LogP contribution in [0.25, 0.3) is 5.57 Å².